The fourth-order valence-electron chi connectivity index (χ4n) is 2.21. The molecule has 0 fully saturated rings. The first-order valence-electron chi connectivity index (χ1n) is 7.74. The quantitative estimate of drug-likeness (QED) is 0.576. The van der Waals surface area contributed by atoms with Gasteiger partial charge in [0.15, 0.2) is 5.76 Å². The Morgan fingerprint density at radius 1 is 1.04 bits per heavy atom. The SMILES string of the molecule is Cc1cc(C(=CNc2ccc(Cl)cc2)C(=O)Nc2cccc(Cl)c2)on1. The molecule has 0 aliphatic rings. The van der Waals surface area contributed by atoms with Crippen LogP contribution in [0, 0.1) is 6.92 Å². The first kappa shape index (κ1) is 18.0. The van der Waals surface area contributed by atoms with Gasteiger partial charge in [-0.05, 0) is 49.4 Å². The van der Waals surface area contributed by atoms with Gasteiger partial charge >= 0.3 is 0 Å². The van der Waals surface area contributed by atoms with Crippen molar-refractivity contribution in [2.45, 2.75) is 6.92 Å². The Kier molecular flexibility index (Phi) is 5.61. The zero-order chi connectivity index (χ0) is 18.5. The van der Waals surface area contributed by atoms with Gasteiger partial charge in [0.25, 0.3) is 5.91 Å². The Morgan fingerprint density at radius 2 is 1.81 bits per heavy atom. The van der Waals surface area contributed by atoms with Gasteiger partial charge in [0.1, 0.15) is 5.57 Å². The van der Waals surface area contributed by atoms with Crippen LogP contribution in [0.2, 0.25) is 10.0 Å². The fourth-order valence-corrected chi connectivity index (χ4v) is 2.52. The minimum atomic E-state index is -0.357. The molecule has 0 aliphatic carbocycles. The largest absolute Gasteiger partial charge is 0.361 e. The monoisotopic (exact) mass is 387 g/mol. The molecule has 132 valence electrons. The van der Waals surface area contributed by atoms with Gasteiger partial charge in [0.05, 0.1) is 5.69 Å². The van der Waals surface area contributed by atoms with Crippen LogP contribution < -0.4 is 10.6 Å². The van der Waals surface area contributed by atoms with Gasteiger partial charge in [-0.25, -0.2) is 0 Å². The maximum absolute atomic E-state index is 12.7. The topological polar surface area (TPSA) is 67.2 Å². The maximum Gasteiger partial charge on any atom is 0.261 e. The van der Waals surface area contributed by atoms with Crippen molar-refractivity contribution in [3.05, 3.63) is 82.3 Å². The summed E-state index contributed by atoms with van der Waals surface area (Å²) in [6, 6.07) is 15.7. The molecule has 3 rings (SSSR count). The number of halogens is 2. The van der Waals surface area contributed by atoms with Crippen molar-refractivity contribution in [1.82, 2.24) is 5.16 Å². The van der Waals surface area contributed by atoms with Crippen molar-refractivity contribution >= 4 is 46.1 Å². The highest BCUT2D eigenvalue weighted by Gasteiger charge is 2.17. The smallest absolute Gasteiger partial charge is 0.261 e. The zero-order valence-electron chi connectivity index (χ0n) is 13.8. The molecular formula is C19H15Cl2N3O2. The summed E-state index contributed by atoms with van der Waals surface area (Å²) in [5.74, 6) is -0.00614. The average molecular weight is 388 g/mol. The lowest BCUT2D eigenvalue weighted by Gasteiger charge is -2.08. The van der Waals surface area contributed by atoms with Crippen molar-refractivity contribution in [1.29, 1.82) is 0 Å². The summed E-state index contributed by atoms with van der Waals surface area (Å²) >= 11 is 11.8. The van der Waals surface area contributed by atoms with Crippen molar-refractivity contribution in [3.63, 3.8) is 0 Å². The number of carbonyl (C=O) groups excluding carboxylic acids is 1. The van der Waals surface area contributed by atoms with Crippen molar-refractivity contribution in [3.8, 4) is 0 Å². The summed E-state index contributed by atoms with van der Waals surface area (Å²) in [5.41, 5.74) is 2.32. The third-order valence-electron chi connectivity index (χ3n) is 3.45. The van der Waals surface area contributed by atoms with Crippen LogP contribution in [0.15, 0.2) is 65.3 Å². The predicted octanol–water partition coefficient (Wildman–Crippen LogP) is 5.38. The van der Waals surface area contributed by atoms with E-state index in [2.05, 4.69) is 15.8 Å². The van der Waals surface area contributed by atoms with Crippen molar-refractivity contribution in [2.24, 2.45) is 0 Å². The van der Waals surface area contributed by atoms with Gasteiger partial charge in [0.2, 0.25) is 0 Å². The molecule has 1 heterocycles. The van der Waals surface area contributed by atoms with Crippen LogP contribution in [0.1, 0.15) is 11.5 Å². The Morgan fingerprint density at radius 3 is 2.46 bits per heavy atom. The van der Waals surface area contributed by atoms with E-state index in [1.807, 2.05) is 0 Å². The summed E-state index contributed by atoms with van der Waals surface area (Å²) in [6.45, 7) is 1.78. The normalized spacial score (nSPS) is 11.3. The molecule has 2 N–H and O–H groups in total. The molecule has 0 radical (unpaired) electrons. The molecule has 0 bridgehead atoms. The molecule has 0 spiro atoms. The van der Waals surface area contributed by atoms with Crippen LogP contribution in [0.4, 0.5) is 11.4 Å². The van der Waals surface area contributed by atoms with E-state index in [-0.39, 0.29) is 5.91 Å². The molecule has 0 unspecified atom stereocenters. The molecule has 0 aliphatic heterocycles. The zero-order valence-corrected chi connectivity index (χ0v) is 15.3. The number of hydrogen-bond donors (Lipinski definition) is 2. The number of rotatable bonds is 5. The summed E-state index contributed by atoms with van der Waals surface area (Å²) in [5, 5.41) is 10.9. The van der Waals surface area contributed by atoms with Crippen LogP contribution in [-0.2, 0) is 4.79 Å². The third-order valence-corrected chi connectivity index (χ3v) is 3.94. The number of amides is 1. The Labute approximate surface area is 160 Å². The van der Waals surface area contributed by atoms with Crippen molar-refractivity contribution < 1.29 is 9.32 Å². The Balaban J connectivity index is 1.86. The summed E-state index contributed by atoms with van der Waals surface area (Å²) in [4.78, 5) is 12.7. The van der Waals surface area contributed by atoms with Gasteiger partial charge in [-0.1, -0.05) is 34.4 Å². The molecule has 2 aromatic carbocycles. The highest BCUT2D eigenvalue weighted by molar-refractivity contribution is 6.31. The van der Waals surface area contributed by atoms with E-state index in [1.54, 1.807) is 67.7 Å². The Hall–Kier alpha value is -2.76. The molecule has 26 heavy (non-hydrogen) atoms. The van der Waals surface area contributed by atoms with E-state index in [1.165, 1.54) is 0 Å². The van der Waals surface area contributed by atoms with E-state index >= 15 is 0 Å². The van der Waals surface area contributed by atoms with Crippen LogP contribution in [0.5, 0.6) is 0 Å². The molecule has 3 aromatic rings. The van der Waals surface area contributed by atoms with Gasteiger partial charge in [0, 0.05) is 33.7 Å². The minimum Gasteiger partial charge on any atom is -0.361 e. The van der Waals surface area contributed by atoms with Crippen LogP contribution in [0.25, 0.3) is 5.57 Å². The van der Waals surface area contributed by atoms with E-state index in [0.29, 0.717) is 32.8 Å². The number of hydrogen-bond acceptors (Lipinski definition) is 4. The van der Waals surface area contributed by atoms with Gasteiger partial charge < -0.3 is 15.2 Å². The standard InChI is InChI=1S/C19H15Cl2N3O2/c1-12-9-18(26-24-12)17(11-22-15-7-5-13(20)6-8-15)19(25)23-16-4-2-3-14(21)10-16/h2-11,22H,1H3,(H,23,25). The second kappa shape index (κ2) is 8.08. The third kappa shape index (κ3) is 4.65. The van der Waals surface area contributed by atoms with Crippen LogP contribution in [0.3, 0.4) is 0 Å². The fraction of sp³-hybridized carbons (Fsp3) is 0.0526. The van der Waals surface area contributed by atoms with E-state index < -0.39 is 0 Å². The van der Waals surface area contributed by atoms with Gasteiger partial charge in [-0.2, -0.15) is 0 Å². The second-order valence-electron chi connectivity index (χ2n) is 5.51. The lowest BCUT2D eigenvalue weighted by Crippen LogP contribution is -2.14. The first-order chi connectivity index (χ1) is 12.5. The predicted molar refractivity (Wildman–Crippen MR) is 104 cm³/mol. The molecule has 0 atom stereocenters. The van der Waals surface area contributed by atoms with Crippen molar-refractivity contribution in [2.75, 3.05) is 10.6 Å². The minimum absolute atomic E-state index is 0.292. The molecule has 0 saturated heterocycles. The number of aryl methyl sites for hydroxylation is 1. The van der Waals surface area contributed by atoms with E-state index in [0.717, 1.165) is 5.69 Å². The van der Waals surface area contributed by atoms with Gasteiger partial charge in [-0.15, -0.1) is 0 Å². The van der Waals surface area contributed by atoms with E-state index in [4.69, 9.17) is 27.7 Å². The number of anilines is 2. The number of nitrogens with one attached hydrogen (secondary N) is 2. The number of benzene rings is 2. The maximum atomic E-state index is 12.7. The first-order valence-corrected chi connectivity index (χ1v) is 8.50. The summed E-state index contributed by atoms with van der Waals surface area (Å²) in [7, 11) is 0. The molecule has 5 nitrogen and oxygen atoms in total. The molecule has 7 heteroatoms. The second-order valence-corrected chi connectivity index (χ2v) is 6.38. The molecular weight excluding hydrogens is 373 g/mol. The molecule has 1 amide bonds. The summed E-state index contributed by atoms with van der Waals surface area (Å²) in [6.07, 6.45) is 1.56. The van der Waals surface area contributed by atoms with E-state index in [9.17, 15) is 4.79 Å². The highest BCUT2D eigenvalue weighted by atomic mass is 35.5. The lowest BCUT2D eigenvalue weighted by atomic mass is 10.2. The number of aromatic nitrogens is 1. The van der Waals surface area contributed by atoms with Crippen LogP contribution >= 0.6 is 23.2 Å². The highest BCUT2D eigenvalue weighted by Crippen LogP contribution is 2.21. The number of carbonyl (C=O) groups is 1. The lowest BCUT2D eigenvalue weighted by molar-refractivity contribution is -0.111. The average Bonchev–Trinajstić information content (AvgIpc) is 3.03. The number of nitrogens with zero attached hydrogens (tertiary/aromatic N) is 1. The summed E-state index contributed by atoms with van der Waals surface area (Å²) < 4.78 is 5.25. The Bertz CT molecular complexity index is 949. The molecule has 0 saturated carbocycles. The van der Waals surface area contributed by atoms with Crippen LogP contribution in [-0.4, -0.2) is 11.1 Å². The molecule has 1 aromatic heterocycles. The van der Waals surface area contributed by atoms with Gasteiger partial charge in [-0.3, -0.25) is 4.79 Å².